The van der Waals surface area contributed by atoms with E-state index in [1.807, 2.05) is 30.3 Å². The highest BCUT2D eigenvalue weighted by Gasteiger charge is 2.07. The van der Waals surface area contributed by atoms with E-state index in [9.17, 15) is 4.79 Å². The Morgan fingerprint density at radius 3 is 2.17 bits per heavy atom. The van der Waals surface area contributed by atoms with E-state index in [4.69, 9.17) is 0 Å². The first-order valence-corrected chi connectivity index (χ1v) is 9.47. The number of carbonyl (C=O) groups is 1. The predicted molar refractivity (Wildman–Crippen MR) is 100 cm³/mol. The number of benzene rings is 2. The van der Waals surface area contributed by atoms with Crippen LogP contribution in [-0.4, -0.2) is 5.12 Å². The second-order valence-electron chi connectivity index (χ2n) is 5.92. The molecule has 0 heterocycles. The second kappa shape index (κ2) is 10.3. The molecular weight excluding hydrogens is 300 g/mol. The van der Waals surface area contributed by atoms with Crippen molar-refractivity contribution in [2.24, 2.45) is 0 Å². The van der Waals surface area contributed by atoms with Crippen molar-refractivity contribution < 1.29 is 4.79 Å². The Labute approximate surface area is 144 Å². The van der Waals surface area contributed by atoms with Gasteiger partial charge in [0.2, 0.25) is 5.12 Å². The molecule has 1 nitrogen and oxygen atoms in total. The average molecular weight is 327 g/mol. The number of hydrogen-bond donors (Lipinski definition) is 0. The average Bonchev–Trinajstić information content (AvgIpc) is 2.60. The zero-order chi connectivity index (χ0) is 16.3. The molecule has 0 aromatic heterocycles. The summed E-state index contributed by atoms with van der Waals surface area (Å²) < 4.78 is 0. The fraction of sp³-hybridized carbons (Fsp3) is 0.381. The molecule has 23 heavy (non-hydrogen) atoms. The van der Waals surface area contributed by atoms with Crippen molar-refractivity contribution >= 4 is 16.9 Å². The van der Waals surface area contributed by atoms with E-state index in [1.54, 1.807) is 0 Å². The Balaban J connectivity index is 1.75. The van der Waals surface area contributed by atoms with Gasteiger partial charge in [-0.15, -0.1) is 0 Å². The van der Waals surface area contributed by atoms with Crippen molar-refractivity contribution in [2.75, 3.05) is 0 Å². The predicted octanol–water partition coefficient (Wildman–Crippen LogP) is 6.52. The maximum atomic E-state index is 12.2. The van der Waals surface area contributed by atoms with Crippen LogP contribution in [0.15, 0.2) is 59.5 Å². The van der Waals surface area contributed by atoms with Gasteiger partial charge in [0.05, 0.1) is 0 Å². The first-order chi connectivity index (χ1) is 11.3. The van der Waals surface area contributed by atoms with Crippen LogP contribution in [0.3, 0.4) is 0 Å². The van der Waals surface area contributed by atoms with E-state index in [0.29, 0.717) is 0 Å². The molecule has 0 radical (unpaired) electrons. The largest absolute Gasteiger partial charge is 0.281 e. The summed E-state index contributed by atoms with van der Waals surface area (Å²) in [6.45, 7) is 2.25. The Morgan fingerprint density at radius 2 is 1.48 bits per heavy atom. The van der Waals surface area contributed by atoms with Crippen molar-refractivity contribution in [1.29, 1.82) is 0 Å². The minimum absolute atomic E-state index is 0.106. The van der Waals surface area contributed by atoms with Gasteiger partial charge in [0.15, 0.2) is 0 Å². The lowest BCUT2D eigenvalue weighted by Gasteiger charge is -2.04. The molecular formula is C21H26OS. The highest BCUT2D eigenvalue weighted by Crippen LogP contribution is 2.23. The van der Waals surface area contributed by atoms with Gasteiger partial charge in [0.25, 0.3) is 0 Å². The monoisotopic (exact) mass is 326 g/mol. The molecule has 0 spiro atoms. The molecule has 0 aliphatic carbocycles. The third kappa shape index (κ3) is 6.62. The van der Waals surface area contributed by atoms with Crippen molar-refractivity contribution in [3.63, 3.8) is 0 Å². The summed E-state index contributed by atoms with van der Waals surface area (Å²) in [6, 6.07) is 17.9. The van der Waals surface area contributed by atoms with Crippen molar-refractivity contribution in [1.82, 2.24) is 0 Å². The van der Waals surface area contributed by atoms with Crippen LogP contribution in [0.2, 0.25) is 0 Å². The summed E-state index contributed by atoms with van der Waals surface area (Å²) in [7, 11) is 0. The number of carbonyl (C=O) groups excluding carboxylic acids is 1. The van der Waals surface area contributed by atoms with Gasteiger partial charge in [0.1, 0.15) is 0 Å². The smallest absolute Gasteiger partial charge is 0.224 e. The molecule has 2 aromatic carbocycles. The van der Waals surface area contributed by atoms with Gasteiger partial charge in [-0.25, -0.2) is 0 Å². The lowest BCUT2D eigenvalue weighted by atomic mass is 10.1. The number of thioether (sulfide) groups is 1. The van der Waals surface area contributed by atoms with Crippen molar-refractivity contribution in [2.45, 2.75) is 56.8 Å². The molecule has 0 saturated carbocycles. The van der Waals surface area contributed by atoms with E-state index in [2.05, 4.69) is 31.2 Å². The van der Waals surface area contributed by atoms with Crippen LogP contribution < -0.4 is 0 Å². The fourth-order valence-corrected chi connectivity index (χ4v) is 3.31. The molecule has 0 aliphatic heterocycles. The number of aryl methyl sites for hydroxylation is 1. The van der Waals surface area contributed by atoms with E-state index in [1.165, 1.54) is 55.9 Å². The van der Waals surface area contributed by atoms with Gasteiger partial charge in [-0.1, -0.05) is 81.5 Å². The Bertz CT molecular complexity index is 575. The molecule has 0 unspecified atom stereocenters. The molecule has 0 atom stereocenters. The van der Waals surface area contributed by atoms with Crippen LogP contribution in [0.1, 0.15) is 61.4 Å². The fourth-order valence-electron chi connectivity index (χ4n) is 2.57. The molecule has 2 aromatic rings. The third-order valence-electron chi connectivity index (χ3n) is 3.96. The maximum Gasteiger partial charge on any atom is 0.224 e. The summed E-state index contributed by atoms with van der Waals surface area (Å²) in [6.07, 6.45) is 9.12. The molecule has 0 saturated heterocycles. The van der Waals surface area contributed by atoms with Crippen molar-refractivity contribution in [3.8, 4) is 0 Å². The topological polar surface area (TPSA) is 17.1 Å². The maximum absolute atomic E-state index is 12.2. The van der Waals surface area contributed by atoms with Crippen molar-refractivity contribution in [3.05, 3.63) is 65.7 Å². The van der Waals surface area contributed by atoms with E-state index in [0.717, 1.165) is 16.9 Å². The first kappa shape index (κ1) is 17.8. The summed E-state index contributed by atoms with van der Waals surface area (Å²) in [5.74, 6) is 0. The second-order valence-corrected chi connectivity index (χ2v) is 6.96. The molecule has 2 rings (SSSR count). The Hall–Kier alpha value is -1.54. The van der Waals surface area contributed by atoms with Gasteiger partial charge in [-0.2, -0.15) is 0 Å². The standard InChI is InChI=1S/C21H26OS/c1-2-3-4-5-6-8-11-18-14-16-20(17-15-18)23-21(22)19-12-9-7-10-13-19/h7,9-10,12-17H,2-6,8,11H2,1H3. The Morgan fingerprint density at radius 1 is 0.826 bits per heavy atom. The van der Waals surface area contributed by atoms with Gasteiger partial charge < -0.3 is 0 Å². The van der Waals surface area contributed by atoms with Gasteiger partial charge in [0, 0.05) is 10.5 Å². The van der Waals surface area contributed by atoms with Crippen LogP contribution in [0.5, 0.6) is 0 Å². The van der Waals surface area contributed by atoms with Crippen LogP contribution in [0.25, 0.3) is 0 Å². The quantitative estimate of drug-likeness (QED) is 0.385. The first-order valence-electron chi connectivity index (χ1n) is 8.66. The van der Waals surface area contributed by atoms with Gasteiger partial charge >= 0.3 is 0 Å². The highest BCUT2D eigenvalue weighted by atomic mass is 32.2. The van der Waals surface area contributed by atoms with Crippen LogP contribution in [0.4, 0.5) is 0 Å². The molecule has 0 bridgehead atoms. The van der Waals surface area contributed by atoms with Gasteiger partial charge in [-0.3, -0.25) is 4.79 Å². The number of rotatable bonds is 9. The molecule has 2 heteroatoms. The third-order valence-corrected chi connectivity index (χ3v) is 4.89. The SMILES string of the molecule is CCCCCCCCc1ccc(SC(=O)c2ccccc2)cc1. The molecule has 122 valence electrons. The van der Waals surface area contributed by atoms with E-state index in [-0.39, 0.29) is 5.12 Å². The number of hydrogen-bond acceptors (Lipinski definition) is 2. The normalized spacial score (nSPS) is 10.7. The lowest BCUT2D eigenvalue weighted by Crippen LogP contribution is -1.92. The summed E-state index contributed by atoms with van der Waals surface area (Å²) in [5.41, 5.74) is 2.13. The highest BCUT2D eigenvalue weighted by molar-refractivity contribution is 8.14. The summed E-state index contributed by atoms with van der Waals surface area (Å²) in [4.78, 5) is 13.2. The van der Waals surface area contributed by atoms with Crippen LogP contribution >= 0.6 is 11.8 Å². The minimum Gasteiger partial charge on any atom is -0.281 e. The molecule has 0 fully saturated rings. The number of unbranched alkanes of at least 4 members (excludes halogenated alkanes) is 5. The lowest BCUT2D eigenvalue weighted by molar-refractivity contribution is 0.108. The zero-order valence-electron chi connectivity index (χ0n) is 14.0. The van der Waals surface area contributed by atoms with E-state index >= 15 is 0 Å². The van der Waals surface area contributed by atoms with Crippen LogP contribution in [0, 0.1) is 0 Å². The zero-order valence-corrected chi connectivity index (χ0v) is 14.8. The molecule has 0 amide bonds. The summed E-state index contributed by atoms with van der Waals surface area (Å²) in [5, 5.41) is 0.106. The van der Waals surface area contributed by atoms with E-state index < -0.39 is 0 Å². The summed E-state index contributed by atoms with van der Waals surface area (Å²) >= 11 is 1.30. The minimum atomic E-state index is 0.106. The van der Waals surface area contributed by atoms with Crippen LogP contribution in [-0.2, 0) is 6.42 Å². The Kier molecular flexibility index (Phi) is 7.96. The molecule has 0 aliphatic rings. The van der Waals surface area contributed by atoms with Gasteiger partial charge in [-0.05, 0) is 42.3 Å². The molecule has 0 N–H and O–H groups in total.